The molecule has 0 aliphatic carbocycles. The third-order valence-corrected chi connectivity index (χ3v) is 1.93. The molecule has 1 aromatic carbocycles. The second-order valence-corrected chi connectivity index (χ2v) is 3.17. The zero-order valence-electron chi connectivity index (χ0n) is 7.74. The lowest BCUT2D eigenvalue weighted by molar-refractivity contribution is 0.611. The molecule has 0 amide bonds. The lowest BCUT2D eigenvalue weighted by atomic mass is 10.2. The minimum Gasteiger partial charge on any atom is -0.399 e. The highest BCUT2D eigenvalue weighted by molar-refractivity contribution is 5.48. The molecule has 4 heteroatoms. The second-order valence-electron chi connectivity index (χ2n) is 3.17. The number of hydrogen-bond acceptors (Lipinski definition) is 2. The van der Waals surface area contributed by atoms with Gasteiger partial charge < -0.3 is 5.73 Å². The number of nitrogens with zero attached hydrogens (tertiary/aromatic N) is 2. The van der Waals surface area contributed by atoms with Crippen LogP contribution in [0.3, 0.4) is 0 Å². The summed E-state index contributed by atoms with van der Waals surface area (Å²) in [6, 6.07) is 4.42. The molecular formula is C10H10FN3. The summed E-state index contributed by atoms with van der Waals surface area (Å²) in [5, 5.41) is 4.01. The van der Waals surface area contributed by atoms with E-state index in [9.17, 15) is 4.39 Å². The number of aromatic nitrogens is 2. The number of aryl methyl sites for hydroxylation is 1. The van der Waals surface area contributed by atoms with Gasteiger partial charge in [-0.1, -0.05) is 0 Å². The fourth-order valence-electron chi connectivity index (χ4n) is 1.25. The van der Waals surface area contributed by atoms with Crippen molar-refractivity contribution in [2.75, 3.05) is 5.73 Å². The Kier molecular flexibility index (Phi) is 1.96. The number of hydrogen-bond donors (Lipinski definition) is 1. The molecule has 0 unspecified atom stereocenters. The Morgan fingerprint density at radius 2 is 2.21 bits per heavy atom. The summed E-state index contributed by atoms with van der Waals surface area (Å²) in [6.07, 6.45) is 3.42. The molecule has 0 aliphatic heterocycles. The Morgan fingerprint density at radius 3 is 2.86 bits per heavy atom. The van der Waals surface area contributed by atoms with Crippen molar-refractivity contribution in [2.45, 2.75) is 6.92 Å². The molecule has 2 N–H and O–H groups in total. The zero-order valence-corrected chi connectivity index (χ0v) is 7.74. The van der Waals surface area contributed by atoms with Crippen LogP contribution < -0.4 is 5.73 Å². The van der Waals surface area contributed by atoms with E-state index < -0.39 is 0 Å². The second kappa shape index (κ2) is 3.14. The van der Waals surface area contributed by atoms with E-state index in [1.54, 1.807) is 18.5 Å². The minimum atomic E-state index is -0.331. The van der Waals surface area contributed by atoms with Gasteiger partial charge in [0.1, 0.15) is 11.5 Å². The number of nitrogen functional groups attached to an aromatic ring is 1. The molecule has 2 rings (SSSR count). The van der Waals surface area contributed by atoms with Crippen LogP contribution >= 0.6 is 0 Å². The van der Waals surface area contributed by atoms with Crippen molar-refractivity contribution < 1.29 is 4.39 Å². The molecule has 0 saturated heterocycles. The van der Waals surface area contributed by atoms with Gasteiger partial charge in [-0.25, -0.2) is 9.07 Å². The van der Waals surface area contributed by atoms with Gasteiger partial charge in [0.05, 0.1) is 6.20 Å². The smallest absolute Gasteiger partial charge is 0.149 e. The highest BCUT2D eigenvalue weighted by Crippen LogP contribution is 2.16. The summed E-state index contributed by atoms with van der Waals surface area (Å²) in [6.45, 7) is 1.90. The van der Waals surface area contributed by atoms with E-state index in [2.05, 4.69) is 5.10 Å². The zero-order chi connectivity index (χ0) is 10.1. The normalized spacial score (nSPS) is 10.4. The molecule has 14 heavy (non-hydrogen) atoms. The number of halogens is 1. The predicted molar refractivity (Wildman–Crippen MR) is 52.7 cm³/mol. The summed E-state index contributed by atoms with van der Waals surface area (Å²) in [5.74, 6) is -0.331. The van der Waals surface area contributed by atoms with Gasteiger partial charge in [-0.15, -0.1) is 0 Å². The first-order valence-corrected chi connectivity index (χ1v) is 4.23. The molecule has 1 aromatic heterocycles. The lowest BCUT2D eigenvalue weighted by Gasteiger charge is -2.03. The first kappa shape index (κ1) is 8.74. The monoisotopic (exact) mass is 191 g/mol. The van der Waals surface area contributed by atoms with Crippen LogP contribution in [0.1, 0.15) is 5.56 Å². The molecule has 3 nitrogen and oxygen atoms in total. The third kappa shape index (κ3) is 1.46. The maximum Gasteiger partial charge on any atom is 0.149 e. The van der Waals surface area contributed by atoms with Crippen LogP contribution in [-0.4, -0.2) is 9.78 Å². The third-order valence-electron chi connectivity index (χ3n) is 1.93. The average Bonchev–Trinajstić information content (AvgIpc) is 2.56. The summed E-state index contributed by atoms with van der Waals surface area (Å²) in [5.41, 5.74) is 7.44. The van der Waals surface area contributed by atoms with Gasteiger partial charge in [0, 0.05) is 11.9 Å². The van der Waals surface area contributed by atoms with Crippen molar-refractivity contribution in [1.29, 1.82) is 0 Å². The quantitative estimate of drug-likeness (QED) is 0.699. The highest BCUT2D eigenvalue weighted by Gasteiger charge is 2.05. The standard InChI is InChI=1S/C10H10FN3/c1-7-5-13-14(6-7)10-4-8(12)2-3-9(10)11/h2-6H,12H2,1H3. The van der Waals surface area contributed by atoms with Gasteiger partial charge in [0.2, 0.25) is 0 Å². The van der Waals surface area contributed by atoms with Crippen LogP contribution in [0.2, 0.25) is 0 Å². The molecule has 72 valence electrons. The highest BCUT2D eigenvalue weighted by atomic mass is 19.1. The number of anilines is 1. The number of benzene rings is 1. The largest absolute Gasteiger partial charge is 0.399 e. The minimum absolute atomic E-state index is 0.331. The predicted octanol–water partition coefficient (Wildman–Crippen LogP) is 1.90. The van der Waals surface area contributed by atoms with Gasteiger partial charge in [-0.05, 0) is 30.7 Å². The van der Waals surface area contributed by atoms with Crippen molar-refractivity contribution in [3.05, 3.63) is 42.0 Å². The number of nitrogens with two attached hydrogens (primary N) is 1. The fraction of sp³-hybridized carbons (Fsp3) is 0.100. The fourth-order valence-corrected chi connectivity index (χ4v) is 1.25. The van der Waals surface area contributed by atoms with Crippen molar-refractivity contribution in [3.8, 4) is 5.69 Å². The molecule has 0 spiro atoms. The van der Waals surface area contributed by atoms with E-state index >= 15 is 0 Å². The molecule has 1 heterocycles. The van der Waals surface area contributed by atoms with Crippen molar-refractivity contribution in [2.24, 2.45) is 0 Å². The first-order valence-electron chi connectivity index (χ1n) is 4.23. The lowest BCUT2D eigenvalue weighted by Crippen LogP contribution is -1.99. The average molecular weight is 191 g/mol. The van der Waals surface area contributed by atoms with E-state index in [0.717, 1.165) is 5.56 Å². The maximum absolute atomic E-state index is 13.3. The molecule has 0 saturated carbocycles. The van der Waals surface area contributed by atoms with Crippen LogP contribution in [0, 0.1) is 12.7 Å². The van der Waals surface area contributed by atoms with Crippen molar-refractivity contribution in [3.63, 3.8) is 0 Å². The van der Waals surface area contributed by atoms with E-state index in [4.69, 9.17) is 5.73 Å². The molecule has 0 fully saturated rings. The van der Waals surface area contributed by atoms with Crippen LogP contribution in [0.5, 0.6) is 0 Å². The summed E-state index contributed by atoms with van der Waals surface area (Å²) in [7, 11) is 0. The molecule has 0 aliphatic rings. The Bertz CT molecular complexity index is 462. The summed E-state index contributed by atoms with van der Waals surface area (Å²) < 4.78 is 14.8. The van der Waals surface area contributed by atoms with Gasteiger partial charge in [0.25, 0.3) is 0 Å². The molecule has 0 atom stereocenters. The van der Waals surface area contributed by atoms with Crippen LogP contribution in [0.25, 0.3) is 5.69 Å². The molecule has 2 aromatic rings. The van der Waals surface area contributed by atoms with Crippen LogP contribution in [0.4, 0.5) is 10.1 Å². The molecule has 0 bridgehead atoms. The van der Waals surface area contributed by atoms with E-state index in [0.29, 0.717) is 11.4 Å². The Labute approximate surface area is 81.0 Å². The summed E-state index contributed by atoms with van der Waals surface area (Å²) in [4.78, 5) is 0. The van der Waals surface area contributed by atoms with Gasteiger partial charge in [-0.3, -0.25) is 0 Å². The Hall–Kier alpha value is -1.84. The SMILES string of the molecule is Cc1cnn(-c2cc(N)ccc2F)c1. The summed E-state index contributed by atoms with van der Waals surface area (Å²) >= 11 is 0. The molecular weight excluding hydrogens is 181 g/mol. The Balaban J connectivity index is 2.55. The topological polar surface area (TPSA) is 43.8 Å². The van der Waals surface area contributed by atoms with Crippen LogP contribution in [-0.2, 0) is 0 Å². The maximum atomic E-state index is 13.3. The van der Waals surface area contributed by atoms with Gasteiger partial charge in [-0.2, -0.15) is 5.10 Å². The van der Waals surface area contributed by atoms with E-state index in [-0.39, 0.29) is 5.82 Å². The van der Waals surface area contributed by atoms with Gasteiger partial charge in [0.15, 0.2) is 0 Å². The van der Waals surface area contributed by atoms with E-state index in [1.165, 1.54) is 16.8 Å². The van der Waals surface area contributed by atoms with Gasteiger partial charge >= 0.3 is 0 Å². The molecule has 0 radical (unpaired) electrons. The number of rotatable bonds is 1. The van der Waals surface area contributed by atoms with Crippen molar-refractivity contribution in [1.82, 2.24) is 9.78 Å². The van der Waals surface area contributed by atoms with E-state index in [1.807, 2.05) is 6.92 Å². The Morgan fingerprint density at radius 1 is 1.43 bits per heavy atom. The van der Waals surface area contributed by atoms with Crippen molar-refractivity contribution >= 4 is 5.69 Å². The van der Waals surface area contributed by atoms with Crippen LogP contribution in [0.15, 0.2) is 30.6 Å². The first-order chi connectivity index (χ1) is 6.66.